The highest BCUT2D eigenvalue weighted by atomic mass is 32.1. The van der Waals surface area contributed by atoms with Crippen LogP contribution in [0.2, 0.25) is 0 Å². The average molecular weight is 220 g/mol. The molecule has 0 spiro atoms. The lowest BCUT2D eigenvalue weighted by atomic mass is 9.98. The summed E-state index contributed by atoms with van der Waals surface area (Å²) in [4.78, 5) is 8.95. The van der Waals surface area contributed by atoms with E-state index in [1.54, 1.807) is 11.3 Å². The lowest BCUT2D eigenvalue weighted by molar-refractivity contribution is 0.586. The maximum absolute atomic E-state index is 4.57. The van der Waals surface area contributed by atoms with Crippen LogP contribution in [0.4, 0.5) is 0 Å². The average Bonchev–Trinajstić information content (AvgIpc) is 2.59. The van der Waals surface area contributed by atoms with Crippen molar-refractivity contribution in [2.24, 2.45) is 0 Å². The van der Waals surface area contributed by atoms with Crippen molar-refractivity contribution in [1.82, 2.24) is 9.97 Å². The summed E-state index contributed by atoms with van der Waals surface area (Å²) in [5, 5.41) is 1.17. The maximum Gasteiger partial charge on any atom is 0.170 e. The van der Waals surface area contributed by atoms with Gasteiger partial charge in [-0.05, 0) is 18.1 Å². The van der Waals surface area contributed by atoms with E-state index >= 15 is 0 Å². The van der Waals surface area contributed by atoms with E-state index in [9.17, 15) is 0 Å². The Kier molecular flexibility index (Phi) is 2.51. The summed E-state index contributed by atoms with van der Waals surface area (Å²) in [6.45, 7) is 8.71. The summed E-state index contributed by atoms with van der Waals surface area (Å²) in [6.07, 6.45) is 2.96. The first-order chi connectivity index (χ1) is 7.00. The van der Waals surface area contributed by atoms with Crippen LogP contribution in [0.3, 0.4) is 0 Å². The highest BCUT2D eigenvalue weighted by Crippen LogP contribution is 2.30. The Balaban J connectivity index is 2.56. The molecule has 0 saturated carbocycles. The molecule has 2 aromatic heterocycles. The van der Waals surface area contributed by atoms with Crippen molar-refractivity contribution in [3.05, 3.63) is 22.8 Å². The molecule has 2 rings (SSSR count). The number of hydrogen-bond acceptors (Lipinski definition) is 3. The molecule has 0 aromatic carbocycles. The van der Waals surface area contributed by atoms with Gasteiger partial charge in [-0.25, -0.2) is 9.97 Å². The summed E-state index contributed by atoms with van der Waals surface area (Å²) in [5.74, 6) is 0. The zero-order chi connectivity index (χ0) is 11.1. The Hall–Kier alpha value is -0.960. The van der Waals surface area contributed by atoms with Gasteiger partial charge in [-0.3, -0.25) is 0 Å². The number of aromatic nitrogens is 2. The van der Waals surface area contributed by atoms with Crippen LogP contribution in [0, 0.1) is 0 Å². The molecule has 0 saturated heterocycles. The minimum Gasteiger partial charge on any atom is -0.236 e. The van der Waals surface area contributed by atoms with E-state index in [0.717, 1.165) is 12.1 Å². The van der Waals surface area contributed by atoms with E-state index in [4.69, 9.17) is 0 Å². The van der Waals surface area contributed by atoms with Crippen LogP contribution in [0.1, 0.15) is 38.3 Å². The van der Waals surface area contributed by atoms with Crippen LogP contribution in [0.25, 0.3) is 10.3 Å². The minimum atomic E-state index is 0.123. The van der Waals surface area contributed by atoms with Gasteiger partial charge in [-0.15, -0.1) is 11.3 Å². The first-order valence-corrected chi connectivity index (χ1v) is 6.08. The molecule has 0 bridgehead atoms. The second-order valence-corrected chi connectivity index (χ2v) is 5.82. The molecule has 15 heavy (non-hydrogen) atoms. The van der Waals surface area contributed by atoms with E-state index in [2.05, 4.69) is 43.7 Å². The van der Waals surface area contributed by atoms with Crippen molar-refractivity contribution in [2.45, 2.75) is 39.5 Å². The molecule has 0 unspecified atom stereocenters. The summed E-state index contributed by atoms with van der Waals surface area (Å²) < 4.78 is 1.21. The monoisotopic (exact) mass is 220 g/mol. The van der Waals surface area contributed by atoms with Crippen molar-refractivity contribution < 1.29 is 0 Å². The van der Waals surface area contributed by atoms with E-state index in [-0.39, 0.29) is 5.41 Å². The molecule has 0 radical (unpaired) electrons. The van der Waals surface area contributed by atoms with Gasteiger partial charge in [-0.1, -0.05) is 27.7 Å². The van der Waals surface area contributed by atoms with Crippen molar-refractivity contribution in [1.29, 1.82) is 0 Å². The third kappa shape index (κ3) is 2.02. The van der Waals surface area contributed by atoms with E-state index < -0.39 is 0 Å². The second kappa shape index (κ2) is 3.56. The van der Waals surface area contributed by atoms with Crippen LogP contribution in [0.15, 0.2) is 12.3 Å². The summed E-state index contributed by atoms with van der Waals surface area (Å²) >= 11 is 1.76. The summed E-state index contributed by atoms with van der Waals surface area (Å²) in [6, 6.07) is 2.20. The molecule has 0 atom stereocenters. The third-order valence-electron chi connectivity index (χ3n) is 2.35. The van der Waals surface area contributed by atoms with Gasteiger partial charge in [0.1, 0.15) is 5.01 Å². The van der Waals surface area contributed by atoms with Gasteiger partial charge in [0, 0.05) is 11.6 Å². The highest BCUT2D eigenvalue weighted by Gasteiger charge is 2.19. The fraction of sp³-hybridized carbons (Fsp3) is 0.500. The Morgan fingerprint density at radius 3 is 2.67 bits per heavy atom. The third-order valence-corrected chi connectivity index (χ3v) is 3.77. The first kappa shape index (κ1) is 10.6. The van der Waals surface area contributed by atoms with Gasteiger partial charge in [0.25, 0.3) is 0 Å². The molecule has 0 aliphatic carbocycles. The second-order valence-electron chi connectivity index (χ2n) is 4.79. The van der Waals surface area contributed by atoms with Crippen LogP contribution < -0.4 is 0 Å². The maximum atomic E-state index is 4.57. The number of pyridine rings is 1. The number of hydrogen-bond donors (Lipinski definition) is 0. The van der Waals surface area contributed by atoms with Gasteiger partial charge < -0.3 is 0 Å². The molecule has 2 nitrogen and oxygen atoms in total. The standard InChI is InChI=1S/C12H16N2S/c1-5-8-6-9-10(13-7-8)14-11(15-9)12(2,3)4/h6-7H,5H2,1-4H3. The van der Waals surface area contributed by atoms with Crippen molar-refractivity contribution in [2.75, 3.05) is 0 Å². The number of rotatable bonds is 1. The highest BCUT2D eigenvalue weighted by molar-refractivity contribution is 7.18. The predicted octanol–water partition coefficient (Wildman–Crippen LogP) is 3.55. The first-order valence-electron chi connectivity index (χ1n) is 5.26. The molecule has 2 aromatic rings. The largest absolute Gasteiger partial charge is 0.236 e. The predicted molar refractivity (Wildman–Crippen MR) is 65.5 cm³/mol. The zero-order valence-corrected chi connectivity index (χ0v) is 10.5. The van der Waals surface area contributed by atoms with Gasteiger partial charge in [0.15, 0.2) is 5.65 Å². The molecule has 0 amide bonds. The molecule has 0 aliphatic rings. The van der Waals surface area contributed by atoms with Crippen LogP contribution in [0.5, 0.6) is 0 Å². The number of thiazole rings is 1. The Labute approximate surface area is 94.4 Å². The molecule has 80 valence electrons. The topological polar surface area (TPSA) is 25.8 Å². The van der Waals surface area contributed by atoms with E-state index in [1.165, 1.54) is 15.3 Å². The molecule has 0 fully saturated rings. The fourth-order valence-electron chi connectivity index (χ4n) is 1.37. The summed E-state index contributed by atoms with van der Waals surface area (Å²) in [5.41, 5.74) is 2.30. The van der Waals surface area contributed by atoms with Crippen LogP contribution in [-0.2, 0) is 11.8 Å². The fourth-order valence-corrected chi connectivity index (χ4v) is 2.42. The number of aryl methyl sites for hydroxylation is 1. The van der Waals surface area contributed by atoms with Crippen LogP contribution >= 0.6 is 11.3 Å². The number of nitrogens with zero attached hydrogens (tertiary/aromatic N) is 2. The molecular weight excluding hydrogens is 204 g/mol. The molecular formula is C12H16N2S. The molecule has 0 N–H and O–H groups in total. The lowest BCUT2D eigenvalue weighted by Gasteiger charge is -2.12. The Morgan fingerprint density at radius 2 is 2.07 bits per heavy atom. The normalized spacial score (nSPS) is 12.3. The van der Waals surface area contributed by atoms with E-state index in [1.807, 2.05) is 6.20 Å². The van der Waals surface area contributed by atoms with Crippen LogP contribution in [-0.4, -0.2) is 9.97 Å². The van der Waals surface area contributed by atoms with E-state index in [0.29, 0.717) is 0 Å². The molecule has 3 heteroatoms. The molecule has 0 aliphatic heterocycles. The number of fused-ring (bicyclic) bond motifs is 1. The Morgan fingerprint density at radius 1 is 1.33 bits per heavy atom. The zero-order valence-electron chi connectivity index (χ0n) is 9.66. The van der Waals surface area contributed by atoms with Gasteiger partial charge >= 0.3 is 0 Å². The molecule has 2 heterocycles. The summed E-state index contributed by atoms with van der Waals surface area (Å²) in [7, 11) is 0. The quantitative estimate of drug-likeness (QED) is 0.734. The van der Waals surface area contributed by atoms with Crippen molar-refractivity contribution >= 4 is 21.7 Å². The van der Waals surface area contributed by atoms with Crippen molar-refractivity contribution in [3.63, 3.8) is 0 Å². The van der Waals surface area contributed by atoms with Gasteiger partial charge in [-0.2, -0.15) is 0 Å². The lowest BCUT2D eigenvalue weighted by Crippen LogP contribution is -2.09. The Bertz CT molecular complexity index is 480. The smallest absolute Gasteiger partial charge is 0.170 e. The van der Waals surface area contributed by atoms with Gasteiger partial charge in [0.2, 0.25) is 0 Å². The van der Waals surface area contributed by atoms with Gasteiger partial charge in [0.05, 0.1) is 4.70 Å². The SMILES string of the molecule is CCc1cnc2nc(C(C)(C)C)sc2c1. The van der Waals surface area contributed by atoms with Crippen molar-refractivity contribution in [3.8, 4) is 0 Å². The minimum absolute atomic E-state index is 0.123.